The van der Waals surface area contributed by atoms with Gasteiger partial charge >= 0.3 is 0 Å². The molecule has 0 saturated heterocycles. The zero-order chi connectivity index (χ0) is 14.7. The maximum Gasteiger partial charge on any atom is 0.204 e. The second kappa shape index (κ2) is 6.05. The molecule has 5 nitrogen and oxygen atoms in total. The molecule has 0 aliphatic rings. The summed E-state index contributed by atoms with van der Waals surface area (Å²) in [7, 11) is 1.65. The lowest BCUT2D eigenvalue weighted by Gasteiger charge is -2.06. The largest absolute Gasteiger partial charge is 0.496 e. The maximum absolute atomic E-state index is 5.33. The van der Waals surface area contributed by atoms with Crippen LogP contribution in [-0.2, 0) is 6.54 Å². The van der Waals surface area contributed by atoms with Crippen LogP contribution in [0.3, 0.4) is 0 Å². The highest BCUT2D eigenvalue weighted by molar-refractivity contribution is 9.10. The average Bonchev–Trinajstić information content (AvgIpc) is 2.97. The van der Waals surface area contributed by atoms with Gasteiger partial charge in [0, 0.05) is 15.6 Å². The molecule has 6 heteroatoms. The average molecular weight is 345 g/mol. The van der Waals surface area contributed by atoms with E-state index in [9.17, 15) is 0 Å². The quantitative estimate of drug-likeness (QED) is 0.729. The van der Waals surface area contributed by atoms with Gasteiger partial charge in [-0.2, -0.15) is 4.80 Å². The SMILES string of the molecule is COc1ccccc1Cn1nnc(-c2ccc(Br)cc2)n1. The van der Waals surface area contributed by atoms with Crippen molar-refractivity contribution < 1.29 is 4.74 Å². The Labute approximate surface area is 130 Å². The Morgan fingerprint density at radius 2 is 1.86 bits per heavy atom. The van der Waals surface area contributed by atoms with Gasteiger partial charge in [-0.3, -0.25) is 0 Å². The third-order valence-electron chi connectivity index (χ3n) is 3.06. The number of halogens is 1. The van der Waals surface area contributed by atoms with E-state index in [2.05, 4.69) is 31.3 Å². The number of benzene rings is 2. The van der Waals surface area contributed by atoms with Crippen LogP contribution in [-0.4, -0.2) is 27.3 Å². The Morgan fingerprint density at radius 3 is 2.62 bits per heavy atom. The summed E-state index contributed by atoms with van der Waals surface area (Å²) >= 11 is 3.41. The van der Waals surface area contributed by atoms with Crippen molar-refractivity contribution in [2.45, 2.75) is 6.54 Å². The minimum atomic E-state index is 0.521. The summed E-state index contributed by atoms with van der Waals surface area (Å²) in [6.45, 7) is 0.521. The fourth-order valence-corrected chi connectivity index (χ4v) is 2.28. The van der Waals surface area contributed by atoms with Crippen LogP contribution in [0.5, 0.6) is 5.75 Å². The van der Waals surface area contributed by atoms with E-state index < -0.39 is 0 Å². The normalized spacial score (nSPS) is 10.6. The Bertz CT molecular complexity index is 739. The van der Waals surface area contributed by atoms with E-state index in [1.807, 2.05) is 48.5 Å². The van der Waals surface area contributed by atoms with Crippen molar-refractivity contribution in [1.82, 2.24) is 20.2 Å². The molecule has 1 aromatic heterocycles. The lowest BCUT2D eigenvalue weighted by molar-refractivity contribution is 0.405. The van der Waals surface area contributed by atoms with E-state index >= 15 is 0 Å². The molecule has 21 heavy (non-hydrogen) atoms. The summed E-state index contributed by atoms with van der Waals surface area (Å²) in [5, 5.41) is 12.6. The lowest BCUT2D eigenvalue weighted by Crippen LogP contribution is -2.05. The molecule has 0 unspecified atom stereocenters. The minimum absolute atomic E-state index is 0.521. The topological polar surface area (TPSA) is 52.8 Å². The Balaban J connectivity index is 1.83. The zero-order valence-electron chi connectivity index (χ0n) is 11.4. The van der Waals surface area contributed by atoms with E-state index in [4.69, 9.17) is 4.74 Å². The van der Waals surface area contributed by atoms with Crippen LogP contribution in [0, 0.1) is 0 Å². The highest BCUT2D eigenvalue weighted by Crippen LogP contribution is 2.20. The molecule has 3 rings (SSSR count). The molecule has 0 bridgehead atoms. The number of tetrazole rings is 1. The van der Waals surface area contributed by atoms with Crippen molar-refractivity contribution in [1.29, 1.82) is 0 Å². The van der Waals surface area contributed by atoms with Gasteiger partial charge in [0.2, 0.25) is 5.82 Å². The van der Waals surface area contributed by atoms with Crippen molar-refractivity contribution in [3.8, 4) is 17.1 Å². The van der Waals surface area contributed by atoms with Gasteiger partial charge in [0.15, 0.2) is 0 Å². The standard InChI is InChI=1S/C15H13BrN4O/c1-21-14-5-3-2-4-12(14)10-20-18-15(17-19-20)11-6-8-13(16)9-7-11/h2-9H,10H2,1H3. The Hall–Kier alpha value is -2.21. The van der Waals surface area contributed by atoms with Gasteiger partial charge in [0.1, 0.15) is 5.75 Å². The molecular formula is C15H13BrN4O. The first-order chi connectivity index (χ1) is 10.3. The molecule has 1 heterocycles. The molecule has 0 atom stereocenters. The number of hydrogen-bond acceptors (Lipinski definition) is 4. The molecule has 0 N–H and O–H groups in total. The van der Waals surface area contributed by atoms with Crippen LogP contribution < -0.4 is 4.74 Å². The fraction of sp³-hybridized carbons (Fsp3) is 0.133. The number of rotatable bonds is 4. The molecular weight excluding hydrogens is 332 g/mol. The number of aromatic nitrogens is 4. The Morgan fingerprint density at radius 1 is 1.10 bits per heavy atom. The molecule has 3 aromatic rings. The van der Waals surface area contributed by atoms with Crippen LogP contribution in [0.15, 0.2) is 53.0 Å². The van der Waals surface area contributed by atoms with E-state index in [1.54, 1.807) is 11.9 Å². The second-order valence-electron chi connectivity index (χ2n) is 4.46. The van der Waals surface area contributed by atoms with Gasteiger partial charge in [-0.1, -0.05) is 34.1 Å². The number of nitrogens with zero attached hydrogens (tertiary/aromatic N) is 4. The van der Waals surface area contributed by atoms with Crippen molar-refractivity contribution in [2.75, 3.05) is 7.11 Å². The second-order valence-corrected chi connectivity index (χ2v) is 5.38. The predicted octanol–water partition coefficient (Wildman–Crippen LogP) is 3.16. The van der Waals surface area contributed by atoms with Crippen LogP contribution in [0.4, 0.5) is 0 Å². The number of hydrogen-bond donors (Lipinski definition) is 0. The third-order valence-corrected chi connectivity index (χ3v) is 3.59. The van der Waals surface area contributed by atoms with Crippen molar-refractivity contribution in [3.63, 3.8) is 0 Å². The minimum Gasteiger partial charge on any atom is -0.496 e. The summed E-state index contributed by atoms with van der Waals surface area (Å²) in [5.74, 6) is 1.43. The zero-order valence-corrected chi connectivity index (χ0v) is 13.0. The smallest absolute Gasteiger partial charge is 0.204 e. The van der Waals surface area contributed by atoms with Crippen LogP contribution >= 0.6 is 15.9 Å². The summed E-state index contributed by atoms with van der Waals surface area (Å²) in [5.41, 5.74) is 1.95. The van der Waals surface area contributed by atoms with Crippen molar-refractivity contribution >= 4 is 15.9 Å². The number of para-hydroxylation sites is 1. The highest BCUT2D eigenvalue weighted by atomic mass is 79.9. The molecule has 0 aliphatic carbocycles. The van der Waals surface area contributed by atoms with Gasteiger partial charge in [-0.15, -0.1) is 10.2 Å². The molecule has 0 spiro atoms. The number of ether oxygens (including phenoxy) is 1. The molecule has 0 saturated carbocycles. The molecule has 0 amide bonds. The summed E-state index contributed by atoms with van der Waals surface area (Å²) in [4.78, 5) is 1.56. The van der Waals surface area contributed by atoms with Gasteiger partial charge in [0.25, 0.3) is 0 Å². The van der Waals surface area contributed by atoms with Gasteiger partial charge in [0.05, 0.1) is 13.7 Å². The first kappa shape index (κ1) is 13.8. The third kappa shape index (κ3) is 3.11. The Kier molecular flexibility index (Phi) is 3.96. The van der Waals surface area contributed by atoms with E-state index in [1.165, 1.54) is 0 Å². The highest BCUT2D eigenvalue weighted by Gasteiger charge is 2.08. The van der Waals surface area contributed by atoms with Crippen LogP contribution in [0.1, 0.15) is 5.56 Å². The van der Waals surface area contributed by atoms with Crippen molar-refractivity contribution in [2.24, 2.45) is 0 Å². The molecule has 106 valence electrons. The van der Waals surface area contributed by atoms with E-state index in [-0.39, 0.29) is 0 Å². The lowest BCUT2D eigenvalue weighted by atomic mass is 10.2. The van der Waals surface area contributed by atoms with Crippen LogP contribution in [0.25, 0.3) is 11.4 Å². The van der Waals surface area contributed by atoms with Gasteiger partial charge in [-0.25, -0.2) is 0 Å². The predicted molar refractivity (Wildman–Crippen MR) is 83.0 cm³/mol. The van der Waals surface area contributed by atoms with E-state index in [0.717, 1.165) is 21.3 Å². The first-order valence-corrected chi connectivity index (χ1v) is 7.21. The summed E-state index contributed by atoms with van der Waals surface area (Å²) in [6.07, 6.45) is 0. The first-order valence-electron chi connectivity index (χ1n) is 6.42. The van der Waals surface area contributed by atoms with E-state index in [0.29, 0.717) is 12.4 Å². The number of methoxy groups -OCH3 is 1. The summed E-state index contributed by atoms with van der Waals surface area (Å²) in [6, 6.07) is 15.6. The van der Waals surface area contributed by atoms with Gasteiger partial charge in [-0.05, 0) is 35.5 Å². The molecule has 0 radical (unpaired) electrons. The molecule has 0 aliphatic heterocycles. The fourth-order valence-electron chi connectivity index (χ4n) is 2.01. The summed E-state index contributed by atoms with van der Waals surface area (Å²) < 4.78 is 6.35. The van der Waals surface area contributed by atoms with Gasteiger partial charge < -0.3 is 4.74 Å². The maximum atomic E-state index is 5.33. The molecule has 0 fully saturated rings. The van der Waals surface area contributed by atoms with Crippen LogP contribution in [0.2, 0.25) is 0 Å². The molecule has 2 aromatic carbocycles. The van der Waals surface area contributed by atoms with Crippen molar-refractivity contribution in [3.05, 3.63) is 58.6 Å². The monoisotopic (exact) mass is 344 g/mol.